The number of hydrogen-bond donors (Lipinski definition) is 1. The third kappa shape index (κ3) is 3.14. The lowest BCUT2D eigenvalue weighted by atomic mass is 9.87. The van der Waals surface area contributed by atoms with Crippen LogP contribution in [0, 0.1) is 23.7 Å². The highest BCUT2D eigenvalue weighted by atomic mass is 16.2. The molecule has 1 aliphatic rings. The Hall–Kier alpha value is -1.82. The maximum atomic E-state index is 12.1. The number of amides is 1. The number of rotatable bonds is 4. The SMILES string of the molecule is Cc1cccc(CCNC(=O)C2(C#N)CCCC2)c1. The number of nitrogens with zero attached hydrogens (tertiary/aromatic N) is 1. The van der Waals surface area contributed by atoms with E-state index in [0.29, 0.717) is 19.4 Å². The Kier molecular flexibility index (Phi) is 4.21. The van der Waals surface area contributed by atoms with Crippen LogP contribution in [0.2, 0.25) is 0 Å². The van der Waals surface area contributed by atoms with E-state index in [9.17, 15) is 10.1 Å². The summed E-state index contributed by atoms with van der Waals surface area (Å²) in [6, 6.07) is 10.5. The van der Waals surface area contributed by atoms with E-state index in [0.717, 1.165) is 19.3 Å². The molecule has 1 N–H and O–H groups in total. The van der Waals surface area contributed by atoms with Crippen molar-refractivity contribution in [2.75, 3.05) is 6.54 Å². The predicted molar refractivity (Wildman–Crippen MR) is 74.4 cm³/mol. The van der Waals surface area contributed by atoms with E-state index >= 15 is 0 Å². The summed E-state index contributed by atoms with van der Waals surface area (Å²) < 4.78 is 0. The van der Waals surface area contributed by atoms with Gasteiger partial charge in [0, 0.05) is 6.54 Å². The molecule has 3 nitrogen and oxygen atoms in total. The van der Waals surface area contributed by atoms with Gasteiger partial charge >= 0.3 is 0 Å². The molecule has 1 aromatic carbocycles. The predicted octanol–water partition coefficient (Wildman–Crippen LogP) is 2.74. The second-order valence-corrected chi connectivity index (χ2v) is 5.40. The summed E-state index contributed by atoms with van der Waals surface area (Å²) in [5, 5.41) is 12.2. The molecule has 1 aromatic rings. The number of nitrogens with one attached hydrogen (secondary N) is 1. The molecule has 1 fully saturated rings. The highest BCUT2D eigenvalue weighted by Gasteiger charge is 2.41. The van der Waals surface area contributed by atoms with Gasteiger partial charge in [-0.05, 0) is 31.7 Å². The molecule has 0 bridgehead atoms. The Bertz CT molecular complexity index is 496. The van der Waals surface area contributed by atoms with E-state index in [2.05, 4.69) is 36.5 Å². The van der Waals surface area contributed by atoms with Crippen LogP contribution in [0.1, 0.15) is 36.8 Å². The smallest absolute Gasteiger partial charge is 0.240 e. The number of nitriles is 1. The van der Waals surface area contributed by atoms with Crippen LogP contribution in [-0.4, -0.2) is 12.5 Å². The Morgan fingerprint density at radius 3 is 2.79 bits per heavy atom. The molecule has 3 heteroatoms. The molecular weight excluding hydrogens is 236 g/mol. The minimum absolute atomic E-state index is 0.0832. The van der Waals surface area contributed by atoms with Gasteiger partial charge < -0.3 is 5.32 Å². The largest absolute Gasteiger partial charge is 0.354 e. The number of benzene rings is 1. The van der Waals surface area contributed by atoms with Crippen LogP contribution in [0.15, 0.2) is 24.3 Å². The Labute approximate surface area is 114 Å². The summed E-state index contributed by atoms with van der Waals surface area (Å²) in [5.74, 6) is -0.0832. The zero-order chi connectivity index (χ0) is 13.7. The van der Waals surface area contributed by atoms with Crippen LogP contribution in [0.3, 0.4) is 0 Å². The second-order valence-electron chi connectivity index (χ2n) is 5.40. The van der Waals surface area contributed by atoms with E-state index in [4.69, 9.17) is 0 Å². The van der Waals surface area contributed by atoms with Crippen molar-refractivity contribution in [3.8, 4) is 6.07 Å². The van der Waals surface area contributed by atoms with Gasteiger partial charge in [-0.25, -0.2) is 0 Å². The van der Waals surface area contributed by atoms with Gasteiger partial charge in [-0.15, -0.1) is 0 Å². The van der Waals surface area contributed by atoms with E-state index < -0.39 is 5.41 Å². The number of aryl methyl sites for hydroxylation is 1. The van der Waals surface area contributed by atoms with Gasteiger partial charge in [0.2, 0.25) is 5.91 Å². The summed E-state index contributed by atoms with van der Waals surface area (Å²) in [6.07, 6.45) is 4.20. The molecule has 0 heterocycles. The van der Waals surface area contributed by atoms with Gasteiger partial charge in [-0.3, -0.25) is 4.79 Å². The van der Waals surface area contributed by atoms with Gasteiger partial charge in [0.15, 0.2) is 0 Å². The highest BCUT2D eigenvalue weighted by Crippen LogP contribution is 2.37. The van der Waals surface area contributed by atoms with Crippen molar-refractivity contribution in [1.29, 1.82) is 5.26 Å². The van der Waals surface area contributed by atoms with Gasteiger partial charge in [0.25, 0.3) is 0 Å². The Morgan fingerprint density at radius 1 is 1.42 bits per heavy atom. The number of carbonyl (C=O) groups excluding carboxylic acids is 1. The molecule has 0 unspecified atom stereocenters. The first-order chi connectivity index (χ1) is 9.16. The molecule has 0 saturated heterocycles. The van der Waals surface area contributed by atoms with E-state index in [1.54, 1.807) is 0 Å². The van der Waals surface area contributed by atoms with E-state index in [1.807, 2.05) is 6.07 Å². The fourth-order valence-electron chi connectivity index (χ4n) is 2.73. The molecule has 0 aliphatic heterocycles. The average Bonchev–Trinajstić information content (AvgIpc) is 2.89. The fourth-order valence-corrected chi connectivity index (χ4v) is 2.73. The summed E-state index contributed by atoms with van der Waals surface area (Å²) in [6.45, 7) is 2.66. The van der Waals surface area contributed by atoms with Crippen molar-refractivity contribution in [3.63, 3.8) is 0 Å². The summed E-state index contributed by atoms with van der Waals surface area (Å²) >= 11 is 0. The number of carbonyl (C=O) groups is 1. The lowest BCUT2D eigenvalue weighted by Crippen LogP contribution is -2.39. The molecule has 1 aliphatic carbocycles. The quantitative estimate of drug-likeness (QED) is 0.900. The van der Waals surface area contributed by atoms with Crippen molar-refractivity contribution in [2.24, 2.45) is 5.41 Å². The van der Waals surface area contributed by atoms with E-state index in [1.165, 1.54) is 11.1 Å². The summed E-state index contributed by atoms with van der Waals surface area (Å²) in [4.78, 5) is 12.1. The molecule has 0 aromatic heterocycles. The van der Waals surface area contributed by atoms with Gasteiger partial charge in [-0.2, -0.15) is 5.26 Å². The zero-order valence-corrected chi connectivity index (χ0v) is 11.4. The third-order valence-electron chi connectivity index (χ3n) is 3.89. The first-order valence-electron chi connectivity index (χ1n) is 6.91. The van der Waals surface area contributed by atoms with Crippen molar-refractivity contribution in [2.45, 2.75) is 39.0 Å². The van der Waals surface area contributed by atoms with Gasteiger partial charge in [0.1, 0.15) is 5.41 Å². The molecule has 0 radical (unpaired) electrons. The second kappa shape index (κ2) is 5.88. The standard InChI is InChI=1S/C16H20N2O/c1-13-5-4-6-14(11-13)7-10-18-15(19)16(12-17)8-2-3-9-16/h4-6,11H,2-3,7-10H2,1H3,(H,18,19). The molecular formula is C16H20N2O. The zero-order valence-electron chi connectivity index (χ0n) is 11.4. The maximum absolute atomic E-state index is 12.1. The van der Waals surface area contributed by atoms with Gasteiger partial charge in [0.05, 0.1) is 6.07 Å². The molecule has 0 spiro atoms. The van der Waals surface area contributed by atoms with Crippen LogP contribution in [0.4, 0.5) is 0 Å². The van der Waals surface area contributed by atoms with E-state index in [-0.39, 0.29) is 5.91 Å². The third-order valence-corrected chi connectivity index (χ3v) is 3.89. The lowest BCUT2D eigenvalue weighted by molar-refractivity contribution is -0.127. The molecule has 2 rings (SSSR count). The molecule has 19 heavy (non-hydrogen) atoms. The van der Waals surface area contributed by atoms with Crippen LogP contribution >= 0.6 is 0 Å². The molecule has 1 saturated carbocycles. The van der Waals surface area contributed by atoms with Crippen LogP contribution in [0.5, 0.6) is 0 Å². The average molecular weight is 256 g/mol. The monoisotopic (exact) mass is 256 g/mol. The normalized spacial score (nSPS) is 16.8. The minimum atomic E-state index is -0.757. The summed E-state index contributed by atoms with van der Waals surface area (Å²) in [7, 11) is 0. The van der Waals surface area contributed by atoms with Crippen LogP contribution < -0.4 is 5.32 Å². The maximum Gasteiger partial charge on any atom is 0.240 e. The molecule has 1 amide bonds. The van der Waals surface area contributed by atoms with Crippen molar-refractivity contribution in [1.82, 2.24) is 5.32 Å². The Morgan fingerprint density at radius 2 is 2.16 bits per heavy atom. The minimum Gasteiger partial charge on any atom is -0.354 e. The van der Waals surface area contributed by atoms with Crippen molar-refractivity contribution in [3.05, 3.63) is 35.4 Å². The topological polar surface area (TPSA) is 52.9 Å². The first kappa shape index (κ1) is 13.6. The van der Waals surface area contributed by atoms with Crippen molar-refractivity contribution < 1.29 is 4.79 Å². The Balaban J connectivity index is 1.86. The fraction of sp³-hybridized carbons (Fsp3) is 0.500. The number of hydrogen-bond acceptors (Lipinski definition) is 2. The molecule has 100 valence electrons. The highest BCUT2D eigenvalue weighted by molar-refractivity contribution is 5.85. The first-order valence-corrected chi connectivity index (χ1v) is 6.91. The van der Waals surface area contributed by atoms with Gasteiger partial charge in [-0.1, -0.05) is 42.7 Å². The summed E-state index contributed by atoms with van der Waals surface area (Å²) in [5.41, 5.74) is 1.69. The van der Waals surface area contributed by atoms with Crippen LogP contribution in [0.25, 0.3) is 0 Å². The van der Waals surface area contributed by atoms with Crippen LogP contribution in [-0.2, 0) is 11.2 Å². The lowest BCUT2D eigenvalue weighted by Gasteiger charge is -2.19. The van der Waals surface area contributed by atoms with Crippen molar-refractivity contribution >= 4 is 5.91 Å². The molecule has 0 atom stereocenters.